The standard InChI is InChI=1S/C17H27N3O/c1-6-8-14(7-2)9-15-11-20-10-13(5)16(21-12(3)4)19-17(20)18-15/h10-12,14H,6-9H2,1-5H3. The Kier molecular flexibility index (Phi) is 5.21. The Morgan fingerprint density at radius 3 is 2.57 bits per heavy atom. The smallest absolute Gasteiger partial charge is 0.237 e. The second kappa shape index (κ2) is 6.92. The first-order valence-corrected chi connectivity index (χ1v) is 8.05. The van der Waals surface area contributed by atoms with Crippen LogP contribution in [0.4, 0.5) is 0 Å². The maximum Gasteiger partial charge on any atom is 0.237 e. The van der Waals surface area contributed by atoms with Gasteiger partial charge in [-0.15, -0.1) is 0 Å². The van der Waals surface area contributed by atoms with Gasteiger partial charge in [0.25, 0.3) is 0 Å². The molecule has 0 bridgehead atoms. The Hall–Kier alpha value is -1.58. The number of imidazole rings is 1. The first kappa shape index (κ1) is 15.8. The van der Waals surface area contributed by atoms with Gasteiger partial charge < -0.3 is 4.74 Å². The van der Waals surface area contributed by atoms with Gasteiger partial charge in [0.2, 0.25) is 11.7 Å². The number of nitrogens with zero attached hydrogens (tertiary/aromatic N) is 3. The van der Waals surface area contributed by atoms with E-state index in [0.717, 1.165) is 23.5 Å². The van der Waals surface area contributed by atoms with Crippen molar-refractivity contribution in [3.63, 3.8) is 0 Å². The Labute approximate surface area is 127 Å². The van der Waals surface area contributed by atoms with E-state index in [-0.39, 0.29) is 6.10 Å². The van der Waals surface area contributed by atoms with Gasteiger partial charge in [-0.25, -0.2) is 4.98 Å². The van der Waals surface area contributed by atoms with Gasteiger partial charge in [0.05, 0.1) is 11.8 Å². The molecule has 0 amide bonds. The number of fused-ring (bicyclic) bond motifs is 1. The predicted octanol–water partition coefficient (Wildman–Crippen LogP) is 4.19. The molecular formula is C17H27N3O. The maximum atomic E-state index is 5.74. The zero-order valence-corrected chi connectivity index (χ0v) is 13.9. The highest BCUT2D eigenvalue weighted by Gasteiger charge is 2.12. The molecule has 2 aromatic heterocycles. The number of aromatic nitrogens is 3. The SMILES string of the molecule is CCCC(CC)Cc1cn2cc(C)c(OC(C)C)nc2n1. The number of aryl methyl sites for hydroxylation is 1. The number of hydrogen-bond donors (Lipinski definition) is 0. The van der Waals surface area contributed by atoms with Crippen LogP contribution in [-0.4, -0.2) is 20.5 Å². The second-order valence-corrected chi connectivity index (χ2v) is 6.10. The van der Waals surface area contributed by atoms with Crippen molar-refractivity contribution in [2.45, 2.75) is 66.4 Å². The Morgan fingerprint density at radius 2 is 1.95 bits per heavy atom. The molecule has 0 N–H and O–H groups in total. The van der Waals surface area contributed by atoms with Gasteiger partial charge in [-0.1, -0.05) is 33.1 Å². The van der Waals surface area contributed by atoms with Crippen LogP contribution < -0.4 is 4.74 Å². The normalized spacial score (nSPS) is 13.0. The average molecular weight is 289 g/mol. The van der Waals surface area contributed by atoms with Crippen LogP contribution >= 0.6 is 0 Å². The van der Waals surface area contributed by atoms with Gasteiger partial charge in [-0.2, -0.15) is 4.98 Å². The monoisotopic (exact) mass is 289 g/mol. The molecule has 0 aliphatic heterocycles. The summed E-state index contributed by atoms with van der Waals surface area (Å²) in [5.74, 6) is 2.14. The summed E-state index contributed by atoms with van der Waals surface area (Å²) >= 11 is 0. The highest BCUT2D eigenvalue weighted by molar-refractivity contribution is 5.37. The fourth-order valence-electron chi connectivity index (χ4n) is 2.65. The third kappa shape index (κ3) is 3.96. The van der Waals surface area contributed by atoms with Crippen molar-refractivity contribution < 1.29 is 4.74 Å². The van der Waals surface area contributed by atoms with E-state index >= 15 is 0 Å². The maximum absolute atomic E-state index is 5.74. The van der Waals surface area contributed by atoms with Crippen molar-refractivity contribution in [1.82, 2.24) is 14.4 Å². The molecule has 2 rings (SSSR count). The lowest BCUT2D eigenvalue weighted by molar-refractivity contribution is 0.231. The molecule has 1 atom stereocenters. The fraction of sp³-hybridized carbons (Fsp3) is 0.647. The second-order valence-electron chi connectivity index (χ2n) is 6.10. The molecule has 0 fully saturated rings. The van der Waals surface area contributed by atoms with Crippen LogP contribution in [0, 0.1) is 12.8 Å². The Balaban J connectivity index is 2.24. The quantitative estimate of drug-likeness (QED) is 0.767. The van der Waals surface area contributed by atoms with Crippen LogP contribution in [-0.2, 0) is 6.42 Å². The summed E-state index contributed by atoms with van der Waals surface area (Å²) in [6.45, 7) is 10.5. The molecule has 0 saturated heterocycles. The highest BCUT2D eigenvalue weighted by atomic mass is 16.5. The molecule has 0 aromatic carbocycles. The lowest BCUT2D eigenvalue weighted by Gasteiger charge is -2.10. The van der Waals surface area contributed by atoms with Crippen LogP contribution in [0.25, 0.3) is 5.78 Å². The summed E-state index contributed by atoms with van der Waals surface area (Å²) in [6.07, 6.45) is 9.02. The lowest BCUT2D eigenvalue weighted by Crippen LogP contribution is -2.09. The van der Waals surface area contributed by atoms with Gasteiger partial charge in [-0.05, 0) is 33.1 Å². The molecule has 2 heterocycles. The van der Waals surface area contributed by atoms with Crippen molar-refractivity contribution >= 4 is 5.78 Å². The summed E-state index contributed by atoms with van der Waals surface area (Å²) in [5.41, 5.74) is 2.17. The Morgan fingerprint density at radius 1 is 1.19 bits per heavy atom. The molecule has 0 spiro atoms. The summed E-state index contributed by atoms with van der Waals surface area (Å²) in [6, 6.07) is 0. The van der Waals surface area contributed by atoms with Gasteiger partial charge in [0, 0.05) is 18.0 Å². The molecule has 4 nitrogen and oxygen atoms in total. The van der Waals surface area contributed by atoms with Crippen LogP contribution in [0.5, 0.6) is 5.88 Å². The summed E-state index contributed by atoms with van der Waals surface area (Å²) in [4.78, 5) is 9.21. The fourth-order valence-corrected chi connectivity index (χ4v) is 2.65. The Bertz CT molecular complexity index is 589. The van der Waals surface area contributed by atoms with E-state index in [4.69, 9.17) is 4.74 Å². The summed E-state index contributed by atoms with van der Waals surface area (Å²) < 4.78 is 7.75. The minimum absolute atomic E-state index is 0.127. The van der Waals surface area contributed by atoms with Gasteiger partial charge >= 0.3 is 0 Å². The first-order valence-electron chi connectivity index (χ1n) is 8.05. The van der Waals surface area contributed by atoms with E-state index in [9.17, 15) is 0 Å². The van der Waals surface area contributed by atoms with E-state index in [1.165, 1.54) is 19.3 Å². The lowest BCUT2D eigenvalue weighted by atomic mass is 9.96. The molecule has 0 aliphatic rings. The van der Waals surface area contributed by atoms with Gasteiger partial charge in [-0.3, -0.25) is 4.40 Å². The number of ether oxygens (including phenoxy) is 1. The zero-order chi connectivity index (χ0) is 15.4. The predicted molar refractivity (Wildman–Crippen MR) is 85.9 cm³/mol. The molecule has 116 valence electrons. The molecule has 21 heavy (non-hydrogen) atoms. The average Bonchev–Trinajstić information content (AvgIpc) is 2.79. The molecule has 4 heteroatoms. The van der Waals surface area contributed by atoms with Crippen molar-refractivity contribution in [1.29, 1.82) is 0 Å². The minimum Gasteiger partial charge on any atom is -0.475 e. The largest absolute Gasteiger partial charge is 0.475 e. The van der Waals surface area contributed by atoms with Gasteiger partial charge in [0.15, 0.2) is 0 Å². The minimum atomic E-state index is 0.127. The van der Waals surface area contributed by atoms with Crippen molar-refractivity contribution in [2.24, 2.45) is 5.92 Å². The molecule has 0 aliphatic carbocycles. The third-order valence-electron chi connectivity index (χ3n) is 3.75. The van der Waals surface area contributed by atoms with Crippen LogP contribution in [0.1, 0.15) is 58.2 Å². The number of hydrogen-bond acceptors (Lipinski definition) is 3. The van der Waals surface area contributed by atoms with E-state index < -0.39 is 0 Å². The van der Waals surface area contributed by atoms with E-state index in [1.54, 1.807) is 0 Å². The van der Waals surface area contributed by atoms with E-state index in [1.807, 2.05) is 25.2 Å². The highest BCUT2D eigenvalue weighted by Crippen LogP contribution is 2.20. The number of rotatable bonds is 7. The topological polar surface area (TPSA) is 39.4 Å². The summed E-state index contributed by atoms with van der Waals surface area (Å²) in [5, 5.41) is 0. The molecule has 0 saturated carbocycles. The van der Waals surface area contributed by atoms with Crippen LogP contribution in [0.15, 0.2) is 12.4 Å². The van der Waals surface area contributed by atoms with Crippen molar-refractivity contribution in [3.8, 4) is 5.88 Å². The first-order chi connectivity index (χ1) is 10.0. The van der Waals surface area contributed by atoms with Crippen LogP contribution in [0.3, 0.4) is 0 Å². The van der Waals surface area contributed by atoms with Crippen LogP contribution in [0.2, 0.25) is 0 Å². The van der Waals surface area contributed by atoms with E-state index in [2.05, 4.69) is 36.2 Å². The third-order valence-corrected chi connectivity index (χ3v) is 3.75. The molecule has 2 aromatic rings. The summed E-state index contributed by atoms with van der Waals surface area (Å²) in [7, 11) is 0. The molecular weight excluding hydrogens is 262 g/mol. The molecule has 1 unspecified atom stereocenters. The van der Waals surface area contributed by atoms with Crippen molar-refractivity contribution in [2.75, 3.05) is 0 Å². The van der Waals surface area contributed by atoms with Crippen molar-refractivity contribution in [3.05, 3.63) is 23.7 Å². The van der Waals surface area contributed by atoms with E-state index in [0.29, 0.717) is 11.8 Å². The molecule has 0 radical (unpaired) electrons. The zero-order valence-electron chi connectivity index (χ0n) is 13.9. The van der Waals surface area contributed by atoms with Gasteiger partial charge in [0.1, 0.15) is 0 Å².